The molecule has 0 aromatic heterocycles. The Morgan fingerprint density at radius 2 is 1.35 bits per heavy atom. The summed E-state index contributed by atoms with van der Waals surface area (Å²) in [6, 6.07) is 5.91. The molecule has 106 valence electrons. The Balaban J connectivity index is 3.26. The zero-order valence-electron chi connectivity index (χ0n) is 9.53. The fraction of sp³-hybridized carbons (Fsp3) is 0. The Morgan fingerprint density at radius 1 is 0.850 bits per heavy atom. The molecule has 8 heteroatoms. The van der Waals surface area contributed by atoms with Gasteiger partial charge in [-0.05, 0) is 24.3 Å². The molecule has 0 heterocycles. The minimum atomic E-state index is -1.79. The predicted octanol–water partition coefficient (Wildman–Crippen LogP) is 4.15. The van der Waals surface area contributed by atoms with Gasteiger partial charge < -0.3 is 10.2 Å². The summed E-state index contributed by atoms with van der Waals surface area (Å²) in [5, 5.41) is 17.0. The van der Waals surface area contributed by atoms with Gasteiger partial charge in [-0.2, -0.15) is 0 Å². The molecule has 0 saturated carbocycles. The third kappa shape index (κ3) is 3.90. The number of halogens is 4. The number of aliphatic hydroxyl groups excluding tert-OH is 1. The topological polar surface area (TPSA) is 74.6 Å². The molecule has 0 fully saturated rings. The first-order valence-electron chi connectivity index (χ1n) is 4.93. The third-order valence-electron chi connectivity index (χ3n) is 2.10. The zero-order valence-corrected chi connectivity index (χ0v) is 12.6. The van der Waals surface area contributed by atoms with Crippen molar-refractivity contribution in [3.63, 3.8) is 0 Å². The van der Waals surface area contributed by atoms with Crippen molar-refractivity contribution in [1.29, 1.82) is 0 Å². The monoisotopic (exact) mass is 354 g/mol. The molecule has 1 aromatic carbocycles. The summed E-state index contributed by atoms with van der Waals surface area (Å²) < 4.78 is 0. The molecule has 1 rings (SSSR count). The van der Waals surface area contributed by atoms with Gasteiger partial charge in [-0.1, -0.05) is 46.4 Å². The van der Waals surface area contributed by atoms with Gasteiger partial charge in [-0.3, -0.25) is 4.79 Å². The van der Waals surface area contributed by atoms with Gasteiger partial charge in [0.2, 0.25) is 0 Å². The van der Waals surface area contributed by atoms with Crippen LogP contribution in [0.15, 0.2) is 39.4 Å². The van der Waals surface area contributed by atoms with Crippen LogP contribution in [0.5, 0.6) is 0 Å². The van der Waals surface area contributed by atoms with Crippen LogP contribution in [0, 0.1) is 0 Å². The molecule has 0 amide bonds. The van der Waals surface area contributed by atoms with E-state index in [1.54, 1.807) is 0 Å². The number of Topliss-reactive ketones (excluding diaryl/α,β-unsaturated/α-hetero) is 1. The Morgan fingerprint density at radius 3 is 1.80 bits per heavy atom. The molecule has 0 saturated heterocycles. The SMILES string of the molecule is O=C(O)C(=O)/C(Cl)=C(Cl)/C(Cl)=C(\O)c1ccc(Cl)cc1. The van der Waals surface area contributed by atoms with Crippen LogP contribution in [-0.4, -0.2) is 22.0 Å². The molecule has 1 aromatic rings. The second kappa shape index (κ2) is 6.99. The lowest BCUT2D eigenvalue weighted by molar-refractivity contribution is -0.146. The number of carbonyl (C=O) groups is 2. The molecule has 2 N–H and O–H groups in total. The molecule has 20 heavy (non-hydrogen) atoms. The van der Waals surface area contributed by atoms with E-state index in [0.717, 1.165) is 0 Å². The van der Waals surface area contributed by atoms with E-state index in [1.165, 1.54) is 24.3 Å². The summed E-state index contributed by atoms with van der Waals surface area (Å²) in [4.78, 5) is 21.6. The number of carboxylic acid groups (broad SMARTS) is 1. The molecule has 0 atom stereocenters. The minimum absolute atomic E-state index is 0.268. The highest BCUT2D eigenvalue weighted by molar-refractivity contribution is 6.61. The van der Waals surface area contributed by atoms with Crippen molar-refractivity contribution in [3.8, 4) is 0 Å². The molecular formula is C12H6Cl4O4. The maximum Gasteiger partial charge on any atom is 0.378 e. The van der Waals surface area contributed by atoms with Crippen LogP contribution in [-0.2, 0) is 9.59 Å². The molecule has 4 nitrogen and oxygen atoms in total. The van der Waals surface area contributed by atoms with Crippen molar-refractivity contribution in [1.82, 2.24) is 0 Å². The Bertz CT molecular complexity index is 617. The van der Waals surface area contributed by atoms with Crippen molar-refractivity contribution < 1.29 is 19.8 Å². The zero-order chi connectivity index (χ0) is 15.4. The molecule has 0 bridgehead atoms. The van der Waals surface area contributed by atoms with Crippen LogP contribution in [0.1, 0.15) is 5.56 Å². The molecule has 0 unspecified atom stereocenters. The van der Waals surface area contributed by atoms with Gasteiger partial charge in [0.1, 0.15) is 15.8 Å². The number of ketones is 1. The van der Waals surface area contributed by atoms with Crippen LogP contribution in [0.4, 0.5) is 0 Å². The van der Waals surface area contributed by atoms with Gasteiger partial charge in [-0.15, -0.1) is 0 Å². The van der Waals surface area contributed by atoms with Crippen LogP contribution < -0.4 is 0 Å². The molecule has 0 aliphatic carbocycles. The molecule has 0 aliphatic rings. The average Bonchev–Trinajstić information content (AvgIpc) is 2.44. The Hall–Kier alpha value is -1.20. The van der Waals surface area contributed by atoms with E-state index >= 15 is 0 Å². The summed E-state index contributed by atoms with van der Waals surface area (Å²) in [5.41, 5.74) is 0.268. The highest BCUT2D eigenvalue weighted by Gasteiger charge is 2.22. The van der Waals surface area contributed by atoms with E-state index < -0.39 is 32.6 Å². The van der Waals surface area contributed by atoms with Gasteiger partial charge in [0.05, 0.1) is 5.03 Å². The van der Waals surface area contributed by atoms with Gasteiger partial charge in [0, 0.05) is 10.6 Å². The number of benzene rings is 1. The van der Waals surface area contributed by atoms with Crippen molar-refractivity contribution in [2.45, 2.75) is 0 Å². The number of hydrogen-bond donors (Lipinski definition) is 2. The van der Waals surface area contributed by atoms with Crippen molar-refractivity contribution in [3.05, 3.63) is 49.9 Å². The van der Waals surface area contributed by atoms with Crippen molar-refractivity contribution in [2.75, 3.05) is 0 Å². The van der Waals surface area contributed by atoms with E-state index in [9.17, 15) is 14.7 Å². The first-order valence-corrected chi connectivity index (χ1v) is 6.44. The normalized spacial score (nSPS) is 13.4. The summed E-state index contributed by atoms with van der Waals surface area (Å²) in [5.74, 6) is -3.69. The fourth-order valence-corrected chi connectivity index (χ4v) is 1.86. The van der Waals surface area contributed by atoms with E-state index in [-0.39, 0.29) is 5.56 Å². The van der Waals surface area contributed by atoms with Crippen LogP contribution in [0.25, 0.3) is 5.76 Å². The maximum atomic E-state index is 11.1. The van der Waals surface area contributed by atoms with Crippen molar-refractivity contribution in [2.24, 2.45) is 0 Å². The highest BCUT2D eigenvalue weighted by Crippen LogP contribution is 2.31. The maximum absolute atomic E-state index is 11.1. The van der Waals surface area contributed by atoms with E-state index in [1.807, 2.05) is 0 Å². The van der Waals surface area contributed by atoms with Gasteiger partial charge in [-0.25, -0.2) is 4.79 Å². The number of rotatable bonds is 4. The number of aliphatic hydroxyl groups is 1. The predicted molar refractivity (Wildman–Crippen MR) is 78.2 cm³/mol. The number of carbonyl (C=O) groups excluding carboxylic acids is 1. The van der Waals surface area contributed by atoms with Crippen LogP contribution >= 0.6 is 46.4 Å². The standard InChI is InChI=1S/C12H6Cl4O4/c13-6-3-1-5(2-4-6)10(17)8(15)7(14)9(16)11(18)12(19)20/h1-4,17H,(H,19,20)/b9-7+,10-8+. The first-order chi connectivity index (χ1) is 9.25. The molecule has 0 radical (unpaired) electrons. The first kappa shape index (κ1) is 16.9. The number of allylic oxidation sites excluding steroid dienone is 2. The molecule has 0 spiro atoms. The number of carboxylic acids is 1. The quantitative estimate of drug-likeness (QED) is 0.368. The van der Waals surface area contributed by atoms with Gasteiger partial charge in [0.15, 0.2) is 0 Å². The fourth-order valence-electron chi connectivity index (χ4n) is 1.13. The number of hydrogen-bond acceptors (Lipinski definition) is 3. The summed E-state index contributed by atoms with van der Waals surface area (Å²) in [7, 11) is 0. The summed E-state index contributed by atoms with van der Waals surface area (Å²) in [6.45, 7) is 0. The summed E-state index contributed by atoms with van der Waals surface area (Å²) >= 11 is 22.6. The third-order valence-corrected chi connectivity index (χ3v) is 3.66. The van der Waals surface area contributed by atoms with Crippen molar-refractivity contribution >= 4 is 63.9 Å². The minimum Gasteiger partial charge on any atom is -0.506 e. The lowest BCUT2D eigenvalue weighted by Crippen LogP contribution is -2.13. The second-order valence-corrected chi connectivity index (χ2v) is 5.00. The number of aliphatic carboxylic acids is 1. The van der Waals surface area contributed by atoms with Crippen LogP contribution in [0.3, 0.4) is 0 Å². The highest BCUT2D eigenvalue weighted by atomic mass is 35.5. The largest absolute Gasteiger partial charge is 0.506 e. The van der Waals surface area contributed by atoms with E-state index in [4.69, 9.17) is 51.5 Å². The smallest absolute Gasteiger partial charge is 0.378 e. The van der Waals surface area contributed by atoms with Gasteiger partial charge >= 0.3 is 5.97 Å². The van der Waals surface area contributed by atoms with E-state index in [0.29, 0.717) is 5.02 Å². The summed E-state index contributed by atoms with van der Waals surface area (Å²) in [6.07, 6.45) is 0. The van der Waals surface area contributed by atoms with Crippen LogP contribution in [0.2, 0.25) is 5.02 Å². The lowest BCUT2D eigenvalue weighted by Gasteiger charge is -2.05. The lowest BCUT2D eigenvalue weighted by atomic mass is 10.1. The second-order valence-electron chi connectivity index (χ2n) is 3.43. The van der Waals surface area contributed by atoms with E-state index in [2.05, 4.69) is 0 Å². The van der Waals surface area contributed by atoms with Gasteiger partial charge in [0.25, 0.3) is 5.78 Å². The molecular weight excluding hydrogens is 350 g/mol. The Labute approximate surface area is 133 Å². The average molecular weight is 356 g/mol. The molecule has 0 aliphatic heterocycles. The Kier molecular flexibility index (Phi) is 5.89.